The van der Waals surface area contributed by atoms with Crippen LogP contribution in [0.4, 0.5) is 5.69 Å². The molecule has 1 amide bonds. The van der Waals surface area contributed by atoms with Crippen LogP contribution in [0.2, 0.25) is 0 Å². The van der Waals surface area contributed by atoms with Gasteiger partial charge in [0.25, 0.3) is 5.91 Å². The minimum atomic E-state index is -0.0166. The van der Waals surface area contributed by atoms with Crippen molar-refractivity contribution in [2.75, 3.05) is 38.2 Å². The summed E-state index contributed by atoms with van der Waals surface area (Å²) in [5.74, 6) is -0.0166. The second-order valence-electron chi connectivity index (χ2n) is 8.92. The summed E-state index contributed by atoms with van der Waals surface area (Å²) in [5, 5.41) is 10.8. The second kappa shape index (κ2) is 11.2. The average Bonchev–Trinajstić information content (AvgIpc) is 3.56. The Labute approximate surface area is 206 Å². The van der Waals surface area contributed by atoms with Crippen molar-refractivity contribution in [2.45, 2.75) is 19.4 Å². The quantitative estimate of drug-likeness (QED) is 0.242. The Morgan fingerprint density at radius 2 is 1.80 bits per heavy atom. The fourth-order valence-corrected chi connectivity index (χ4v) is 4.62. The number of anilines is 1. The summed E-state index contributed by atoms with van der Waals surface area (Å²) in [6.07, 6.45) is 8.12. The molecule has 7 heteroatoms. The Bertz CT molecular complexity index is 1250. The van der Waals surface area contributed by atoms with Gasteiger partial charge in [0.15, 0.2) is 0 Å². The molecule has 1 aliphatic rings. The van der Waals surface area contributed by atoms with Crippen molar-refractivity contribution in [3.63, 3.8) is 0 Å². The number of hydrogen-bond acceptors (Lipinski definition) is 5. The molecule has 3 heterocycles. The minimum absolute atomic E-state index is 0.0166. The van der Waals surface area contributed by atoms with Crippen molar-refractivity contribution < 1.29 is 4.79 Å². The van der Waals surface area contributed by atoms with Gasteiger partial charge >= 0.3 is 0 Å². The van der Waals surface area contributed by atoms with E-state index in [0.717, 1.165) is 54.0 Å². The molecule has 0 radical (unpaired) electrons. The lowest BCUT2D eigenvalue weighted by molar-refractivity contribution is 0.0951. The van der Waals surface area contributed by atoms with Crippen LogP contribution in [0.15, 0.2) is 79.3 Å². The number of rotatable bonds is 10. The number of nitrogens with zero attached hydrogens (tertiary/aromatic N) is 3. The first kappa shape index (κ1) is 23.1. The molecule has 0 saturated carbocycles. The van der Waals surface area contributed by atoms with E-state index < -0.39 is 0 Å². The monoisotopic (exact) mass is 468 g/mol. The number of amides is 1. The maximum absolute atomic E-state index is 13.0. The zero-order chi connectivity index (χ0) is 23.9. The lowest BCUT2D eigenvalue weighted by atomic mass is 10.1. The highest BCUT2D eigenvalue weighted by atomic mass is 16.1. The first-order valence-corrected chi connectivity index (χ1v) is 12.3. The van der Waals surface area contributed by atoms with E-state index in [-0.39, 0.29) is 5.91 Å². The number of aromatic nitrogens is 2. The SMILES string of the molecule is O=C(NCCN1CCCC1)c1cn(-c2ccc(NCNCc3cccnc3)cc2)c2ccccc12. The third-order valence-corrected chi connectivity index (χ3v) is 6.48. The summed E-state index contributed by atoms with van der Waals surface area (Å²) >= 11 is 0. The van der Waals surface area contributed by atoms with Crippen molar-refractivity contribution in [3.05, 3.63) is 90.4 Å². The number of carbonyl (C=O) groups excluding carboxylic acids is 1. The molecular formula is C28H32N6O. The van der Waals surface area contributed by atoms with Crippen molar-refractivity contribution in [1.29, 1.82) is 0 Å². The summed E-state index contributed by atoms with van der Waals surface area (Å²) < 4.78 is 2.09. The topological polar surface area (TPSA) is 74.2 Å². The van der Waals surface area contributed by atoms with Crippen LogP contribution in [0.5, 0.6) is 0 Å². The molecule has 2 aromatic carbocycles. The van der Waals surface area contributed by atoms with Crippen LogP contribution in [0.3, 0.4) is 0 Å². The van der Waals surface area contributed by atoms with Crippen LogP contribution in [0, 0.1) is 0 Å². The molecular weight excluding hydrogens is 436 g/mol. The largest absolute Gasteiger partial charge is 0.372 e. The Kier molecular flexibility index (Phi) is 7.36. The molecule has 1 saturated heterocycles. The fraction of sp³-hybridized carbons (Fsp3) is 0.286. The fourth-order valence-electron chi connectivity index (χ4n) is 4.62. The lowest BCUT2D eigenvalue weighted by Gasteiger charge is -2.14. The van der Waals surface area contributed by atoms with Gasteiger partial charge in [-0.3, -0.25) is 15.1 Å². The van der Waals surface area contributed by atoms with Crippen LogP contribution in [-0.4, -0.2) is 53.2 Å². The molecule has 0 bridgehead atoms. The molecule has 0 unspecified atom stereocenters. The van der Waals surface area contributed by atoms with Crippen molar-refractivity contribution >= 4 is 22.5 Å². The molecule has 1 fully saturated rings. The van der Waals surface area contributed by atoms with E-state index in [1.807, 2.05) is 36.7 Å². The maximum atomic E-state index is 13.0. The van der Waals surface area contributed by atoms with E-state index in [0.29, 0.717) is 18.8 Å². The molecule has 7 nitrogen and oxygen atoms in total. The molecule has 1 aliphatic heterocycles. The molecule has 0 spiro atoms. The zero-order valence-electron chi connectivity index (χ0n) is 19.9. The Hall–Kier alpha value is -3.68. The van der Waals surface area contributed by atoms with Gasteiger partial charge in [-0.15, -0.1) is 0 Å². The molecule has 3 N–H and O–H groups in total. The normalized spacial score (nSPS) is 13.8. The standard InChI is InChI=1S/C28H32N6O/c35-28(31-14-17-33-15-3-4-16-33)26-20-34(27-8-2-1-7-25(26)27)24-11-9-23(10-12-24)32-21-30-19-22-6-5-13-29-18-22/h1-2,5-13,18,20,30,32H,3-4,14-17,19,21H2,(H,31,35). The number of para-hydroxylation sites is 1. The first-order chi connectivity index (χ1) is 17.3. The van der Waals surface area contributed by atoms with Gasteiger partial charge in [0.1, 0.15) is 0 Å². The highest BCUT2D eigenvalue weighted by Crippen LogP contribution is 2.25. The van der Waals surface area contributed by atoms with Gasteiger partial charge in [-0.25, -0.2) is 0 Å². The lowest BCUT2D eigenvalue weighted by Crippen LogP contribution is -2.33. The van der Waals surface area contributed by atoms with E-state index in [1.165, 1.54) is 12.8 Å². The van der Waals surface area contributed by atoms with Crippen LogP contribution < -0.4 is 16.0 Å². The van der Waals surface area contributed by atoms with Gasteiger partial charge in [-0.2, -0.15) is 0 Å². The molecule has 180 valence electrons. The first-order valence-electron chi connectivity index (χ1n) is 12.3. The number of benzene rings is 2. The summed E-state index contributed by atoms with van der Waals surface area (Å²) in [6, 6.07) is 20.3. The van der Waals surface area contributed by atoms with E-state index in [9.17, 15) is 4.79 Å². The van der Waals surface area contributed by atoms with E-state index in [1.54, 1.807) is 6.20 Å². The second-order valence-corrected chi connectivity index (χ2v) is 8.92. The third kappa shape index (κ3) is 5.70. The number of hydrogen-bond donors (Lipinski definition) is 3. The van der Waals surface area contributed by atoms with Gasteiger partial charge in [0, 0.05) is 55.0 Å². The maximum Gasteiger partial charge on any atom is 0.253 e. The van der Waals surface area contributed by atoms with Crippen molar-refractivity contribution in [3.8, 4) is 5.69 Å². The van der Waals surface area contributed by atoms with Gasteiger partial charge in [-0.1, -0.05) is 24.3 Å². The Balaban J connectivity index is 1.23. The predicted molar refractivity (Wildman–Crippen MR) is 141 cm³/mol. The minimum Gasteiger partial charge on any atom is -0.372 e. The Morgan fingerprint density at radius 3 is 2.60 bits per heavy atom. The summed E-state index contributed by atoms with van der Waals surface area (Å²) in [5.41, 5.74) is 4.94. The van der Waals surface area contributed by atoms with Crippen LogP contribution in [0.1, 0.15) is 28.8 Å². The molecule has 5 rings (SSSR count). The van der Waals surface area contributed by atoms with Crippen molar-refractivity contribution in [1.82, 2.24) is 25.1 Å². The highest BCUT2D eigenvalue weighted by Gasteiger charge is 2.16. The number of pyridine rings is 1. The highest BCUT2D eigenvalue weighted by molar-refractivity contribution is 6.07. The third-order valence-electron chi connectivity index (χ3n) is 6.48. The number of nitrogens with one attached hydrogen (secondary N) is 3. The van der Waals surface area contributed by atoms with Gasteiger partial charge in [-0.05, 0) is 67.9 Å². The molecule has 35 heavy (non-hydrogen) atoms. The molecule has 4 aromatic rings. The van der Waals surface area contributed by atoms with E-state index in [4.69, 9.17) is 0 Å². The molecule has 0 atom stereocenters. The number of carbonyl (C=O) groups is 1. The number of likely N-dealkylation sites (tertiary alicyclic amines) is 1. The number of fused-ring (bicyclic) bond motifs is 1. The predicted octanol–water partition coefficient (Wildman–Crippen LogP) is 4.01. The van der Waals surface area contributed by atoms with Gasteiger partial charge in [0.2, 0.25) is 0 Å². The van der Waals surface area contributed by atoms with Crippen LogP contribution in [0.25, 0.3) is 16.6 Å². The zero-order valence-corrected chi connectivity index (χ0v) is 19.9. The van der Waals surface area contributed by atoms with Crippen LogP contribution >= 0.6 is 0 Å². The van der Waals surface area contributed by atoms with Gasteiger partial charge in [0.05, 0.1) is 17.7 Å². The van der Waals surface area contributed by atoms with E-state index >= 15 is 0 Å². The summed E-state index contributed by atoms with van der Waals surface area (Å²) in [7, 11) is 0. The molecule has 0 aliphatic carbocycles. The van der Waals surface area contributed by atoms with Crippen LogP contribution in [-0.2, 0) is 6.54 Å². The summed E-state index contributed by atoms with van der Waals surface area (Å²) in [4.78, 5) is 19.6. The van der Waals surface area contributed by atoms with E-state index in [2.05, 4.69) is 66.8 Å². The smallest absolute Gasteiger partial charge is 0.253 e. The molecule has 2 aromatic heterocycles. The Morgan fingerprint density at radius 1 is 0.971 bits per heavy atom. The van der Waals surface area contributed by atoms with Crippen molar-refractivity contribution in [2.24, 2.45) is 0 Å². The average molecular weight is 469 g/mol. The summed E-state index contributed by atoms with van der Waals surface area (Å²) in [6.45, 7) is 5.28. The van der Waals surface area contributed by atoms with Gasteiger partial charge < -0.3 is 20.1 Å².